The van der Waals surface area contributed by atoms with Gasteiger partial charge in [-0.2, -0.15) is 0 Å². The summed E-state index contributed by atoms with van der Waals surface area (Å²) in [4.78, 5) is 0. The molecule has 0 saturated carbocycles. The van der Waals surface area contributed by atoms with Crippen molar-refractivity contribution in [2.75, 3.05) is 5.75 Å². The molecule has 1 aliphatic rings. The Morgan fingerprint density at radius 1 is 2.00 bits per heavy atom. The van der Waals surface area contributed by atoms with Crippen LogP contribution in [-0.4, -0.2) is 11.0 Å². The fourth-order valence-electron chi connectivity index (χ4n) is 0.455. The molecule has 0 N–H and O–H groups in total. The molecule has 0 bridgehead atoms. The van der Waals surface area contributed by atoms with E-state index in [4.69, 9.17) is 0 Å². The summed E-state index contributed by atoms with van der Waals surface area (Å²) in [5.41, 5.74) is 0. The van der Waals surface area contributed by atoms with Crippen LogP contribution in [-0.2, 0) is 0 Å². The Hall–Kier alpha value is 0.0900. The fraction of sp³-hybridized carbons (Fsp3) is 0.600. The van der Waals surface area contributed by atoms with Crippen molar-refractivity contribution in [3.8, 4) is 0 Å². The summed E-state index contributed by atoms with van der Waals surface area (Å²) in [5, 5.41) is 0.657. The molecule has 0 spiro atoms. The van der Waals surface area contributed by atoms with Crippen LogP contribution in [0.1, 0.15) is 6.92 Å². The summed E-state index contributed by atoms with van der Waals surface area (Å²) in [6.07, 6.45) is 5.25. The van der Waals surface area contributed by atoms with E-state index in [-0.39, 0.29) is 0 Å². The van der Waals surface area contributed by atoms with Gasteiger partial charge < -0.3 is 0 Å². The number of thioether (sulfide) groups is 1. The van der Waals surface area contributed by atoms with Crippen molar-refractivity contribution in [2.24, 2.45) is 0 Å². The van der Waals surface area contributed by atoms with Crippen LogP contribution in [0.4, 0.5) is 0 Å². The van der Waals surface area contributed by atoms with Crippen LogP contribution in [0.3, 0.4) is 0 Å². The van der Waals surface area contributed by atoms with Crippen LogP contribution in [0.25, 0.3) is 0 Å². The average Bonchev–Trinajstić information content (AvgIpc) is 1.86. The molecule has 1 rings (SSSR count). The average molecular weight is 99.2 g/mol. The van der Waals surface area contributed by atoms with E-state index in [2.05, 4.69) is 19.1 Å². The lowest BCUT2D eigenvalue weighted by atomic mass is 10.4. The molecule has 0 aromatic carbocycles. The molecule has 0 aromatic rings. The van der Waals surface area contributed by atoms with Crippen molar-refractivity contribution in [3.05, 3.63) is 12.2 Å². The number of hydrogen-bond acceptors (Lipinski definition) is 1. The Bertz CT molecular complexity index is 66.3. The molecule has 0 amide bonds. The molecule has 33 valence electrons. The van der Waals surface area contributed by atoms with Crippen molar-refractivity contribution in [1.82, 2.24) is 0 Å². The van der Waals surface area contributed by atoms with Gasteiger partial charge in [-0.25, -0.2) is 0 Å². The first-order chi connectivity index (χ1) is 2.89. The smallest absolute Gasteiger partial charge is 0.0272 e. The minimum Gasteiger partial charge on any atom is -0.150 e. The fourth-order valence-corrected chi connectivity index (χ4v) is 1.13. The highest BCUT2D eigenvalue weighted by Gasteiger charge is 2.00. The quantitative estimate of drug-likeness (QED) is 0.443. The Morgan fingerprint density at radius 3 is 3.00 bits per heavy atom. The highest BCUT2D eigenvalue weighted by molar-refractivity contribution is 8.00. The van der Waals surface area contributed by atoms with E-state index in [1.54, 1.807) is 0 Å². The van der Waals surface area contributed by atoms with E-state index in [0.29, 0.717) is 5.25 Å². The lowest BCUT2D eigenvalue weighted by molar-refractivity contribution is 1.23. The number of rotatable bonds is 0. The second-order valence-corrected chi connectivity index (χ2v) is 2.72. The maximum Gasteiger partial charge on any atom is 0.0272 e. The van der Waals surface area contributed by atoms with Crippen LogP contribution >= 0.6 is 11.8 Å². The third-order valence-electron chi connectivity index (χ3n) is 0.782. The Morgan fingerprint density at radius 2 is 2.83 bits per heavy atom. The monoisotopic (exact) mass is 99.0 g/mol. The molecule has 0 nitrogen and oxygen atoms in total. The molecule has 6 heavy (non-hydrogen) atoms. The van der Waals surface area contributed by atoms with E-state index in [1.165, 1.54) is 5.75 Å². The van der Waals surface area contributed by atoms with Crippen LogP contribution in [0.15, 0.2) is 6.08 Å². The van der Waals surface area contributed by atoms with Gasteiger partial charge in [0.15, 0.2) is 0 Å². The van der Waals surface area contributed by atoms with Gasteiger partial charge in [-0.05, 0) is 13.0 Å². The molecular weight excluding hydrogens is 92.1 g/mol. The molecule has 0 aromatic heterocycles. The third-order valence-corrected chi connectivity index (χ3v) is 1.78. The minimum atomic E-state index is 0.657. The summed E-state index contributed by atoms with van der Waals surface area (Å²) in [5.74, 6) is 1.17. The van der Waals surface area contributed by atoms with E-state index in [1.807, 2.05) is 11.8 Å². The van der Waals surface area contributed by atoms with E-state index >= 15 is 0 Å². The van der Waals surface area contributed by atoms with Crippen molar-refractivity contribution in [1.29, 1.82) is 0 Å². The number of hydrogen-bond donors (Lipinski definition) is 0. The zero-order valence-electron chi connectivity index (χ0n) is 3.77. The second kappa shape index (κ2) is 1.69. The molecule has 0 aliphatic carbocycles. The lowest BCUT2D eigenvalue weighted by Gasteiger charge is -1.89. The highest BCUT2D eigenvalue weighted by Crippen LogP contribution is 2.16. The Labute approximate surface area is 42.6 Å². The third kappa shape index (κ3) is 0.777. The molecule has 1 radical (unpaired) electrons. The molecule has 1 atom stereocenters. The predicted octanol–water partition coefficient (Wildman–Crippen LogP) is 1.48. The maximum atomic E-state index is 3.16. The normalized spacial score (nSPS) is 31.8. The summed E-state index contributed by atoms with van der Waals surface area (Å²) in [6, 6.07) is 0. The minimum absolute atomic E-state index is 0.657. The molecule has 0 saturated heterocycles. The molecular formula is C5H7S. The van der Waals surface area contributed by atoms with Gasteiger partial charge >= 0.3 is 0 Å². The van der Waals surface area contributed by atoms with Crippen LogP contribution in [0.5, 0.6) is 0 Å². The lowest BCUT2D eigenvalue weighted by Crippen LogP contribution is -1.80. The first-order valence-electron chi connectivity index (χ1n) is 2.09. The topological polar surface area (TPSA) is 0 Å². The van der Waals surface area contributed by atoms with Gasteiger partial charge in [0.25, 0.3) is 0 Å². The first kappa shape index (κ1) is 4.25. The van der Waals surface area contributed by atoms with Gasteiger partial charge in [-0.3, -0.25) is 0 Å². The zero-order chi connectivity index (χ0) is 4.41. The van der Waals surface area contributed by atoms with Gasteiger partial charge in [0.1, 0.15) is 0 Å². The molecule has 0 fully saturated rings. The maximum absolute atomic E-state index is 3.16. The van der Waals surface area contributed by atoms with Gasteiger partial charge in [0, 0.05) is 11.0 Å². The molecule has 1 heterocycles. The Balaban J connectivity index is 2.38. The van der Waals surface area contributed by atoms with Gasteiger partial charge in [0.05, 0.1) is 0 Å². The van der Waals surface area contributed by atoms with Crippen LogP contribution in [0, 0.1) is 6.08 Å². The molecule has 1 unspecified atom stereocenters. The molecule has 1 heteroatoms. The van der Waals surface area contributed by atoms with Crippen molar-refractivity contribution >= 4 is 11.8 Å². The van der Waals surface area contributed by atoms with E-state index < -0.39 is 0 Å². The van der Waals surface area contributed by atoms with Gasteiger partial charge in [0.2, 0.25) is 0 Å². The Kier molecular flexibility index (Phi) is 1.20. The van der Waals surface area contributed by atoms with Crippen molar-refractivity contribution < 1.29 is 0 Å². The van der Waals surface area contributed by atoms with E-state index in [0.717, 1.165) is 0 Å². The van der Waals surface area contributed by atoms with Crippen LogP contribution in [0.2, 0.25) is 0 Å². The molecule has 1 aliphatic heterocycles. The van der Waals surface area contributed by atoms with Crippen LogP contribution < -0.4 is 0 Å². The van der Waals surface area contributed by atoms with Crippen molar-refractivity contribution in [2.45, 2.75) is 12.2 Å². The van der Waals surface area contributed by atoms with Gasteiger partial charge in [-0.15, -0.1) is 11.8 Å². The first-order valence-corrected chi connectivity index (χ1v) is 3.14. The summed E-state index contributed by atoms with van der Waals surface area (Å²) in [7, 11) is 0. The summed E-state index contributed by atoms with van der Waals surface area (Å²) < 4.78 is 0. The largest absolute Gasteiger partial charge is 0.150 e. The summed E-state index contributed by atoms with van der Waals surface area (Å²) in [6.45, 7) is 2.16. The summed E-state index contributed by atoms with van der Waals surface area (Å²) >= 11 is 1.93. The van der Waals surface area contributed by atoms with Gasteiger partial charge in [-0.1, -0.05) is 6.08 Å². The standard InChI is InChI=1S/C5H7S/c1-5-3-2-4-6-5/h2,5H,4H2,1H3. The second-order valence-electron chi connectivity index (χ2n) is 1.35. The van der Waals surface area contributed by atoms with E-state index in [9.17, 15) is 0 Å². The highest BCUT2D eigenvalue weighted by atomic mass is 32.2. The predicted molar refractivity (Wildman–Crippen MR) is 29.7 cm³/mol. The van der Waals surface area contributed by atoms with Crippen molar-refractivity contribution in [3.63, 3.8) is 0 Å². The SMILES string of the molecule is CC1[C]=CCS1. The zero-order valence-corrected chi connectivity index (χ0v) is 4.59.